The van der Waals surface area contributed by atoms with Gasteiger partial charge in [-0.1, -0.05) is 24.5 Å². The molecule has 0 saturated heterocycles. The van der Waals surface area contributed by atoms with Crippen molar-refractivity contribution in [2.24, 2.45) is 5.73 Å². The predicted octanol–water partition coefficient (Wildman–Crippen LogP) is 1.87. The van der Waals surface area contributed by atoms with Crippen LogP contribution in [0.2, 0.25) is 0 Å². The standard InChI is InChI=1S/C15H19N5O/c16-15(8-2-1-3-9-15)14(21)18-12-4-6-13(7-5-12)20-11-10-17-19-20/h4-7,10-11H,1-3,8-9,16H2,(H,18,21). The number of hydrogen-bond donors (Lipinski definition) is 2. The first-order chi connectivity index (χ1) is 10.2. The van der Waals surface area contributed by atoms with E-state index in [-0.39, 0.29) is 5.91 Å². The SMILES string of the molecule is NC1(C(=O)Nc2ccc(-n3ccnn3)cc2)CCCCC1. The van der Waals surface area contributed by atoms with Crippen LogP contribution in [0.3, 0.4) is 0 Å². The van der Waals surface area contributed by atoms with Gasteiger partial charge in [0.2, 0.25) is 5.91 Å². The number of nitrogens with one attached hydrogen (secondary N) is 1. The van der Waals surface area contributed by atoms with Crippen LogP contribution in [0.25, 0.3) is 5.69 Å². The lowest BCUT2D eigenvalue weighted by molar-refractivity contribution is -0.122. The van der Waals surface area contributed by atoms with Gasteiger partial charge >= 0.3 is 0 Å². The molecule has 0 spiro atoms. The van der Waals surface area contributed by atoms with E-state index in [1.165, 1.54) is 6.42 Å². The van der Waals surface area contributed by atoms with Crippen LogP contribution in [0.1, 0.15) is 32.1 Å². The highest BCUT2D eigenvalue weighted by molar-refractivity contribution is 5.98. The Morgan fingerprint density at radius 2 is 1.90 bits per heavy atom. The topological polar surface area (TPSA) is 85.8 Å². The molecule has 0 unspecified atom stereocenters. The summed E-state index contributed by atoms with van der Waals surface area (Å²) >= 11 is 0. The monoisotopic (exact) mass is 285 g/mol. The highest BCUT2D eigenvalue weighted by Gasteiger charge is 2.35. The highest BCUT2D eigenvalue weighted by atomic mass is 16.2. The van der Waals surface area contributed by atoms with Gasteiger partial charge in [0.15, 0.2) is 0 Å². The summed E-state index contributed by atoms with van der Waals surface area (Å²) in [5.74, 6) is -0.0873. The Labute approximate surface area is 123 Å². The first-order valence-electron chi connectivity index (χ1n) is 7.24. The molecule has 2 aromatic rings. The van der Waals surface area contributed by atoms with Crippen molar-refractivity contribution in [1.82, 2.24) is 15.0 Å². The summed E-state index contributed by atoms with van der Waals surface area (Å²) < 4.78 is 1.66. The van der Waals surface area contributed by atoms with Crippen molar-refractivity contribution < 1.29 is 4.79 Å². The van der Waals surface area contributed by atoms with Crippen molar-refractivity contribution in [2.75, 3.05) is 5.32 Å². The maximum absolute atomic E-state index is 12.3. The van der Waals surface area contributed by atoms with Gasteiger partial charge in [-0.15, -0.1) is 5.10 Å². The summed E-state index contributed by atoms with van der Waals surface area (Å²) in [7, 11) is 0. The molecule has 110 valence electrons. The van der Waals surface area contributed by atoms with Gasteiger partial charge in [0.05, 0.1) is 23.6 Å². The molecule has 0 aliphatic heterocycles. The molecule has 6 heteroatoms. The first-order valence-corrected chi connectivity index (χ1v) is 7.24. The molecule has 0 bridgehead atoms. The summed E-state index contributed by atoms with van der Waals surface area (Å²) in [4.78, 5) is 12.3. The Balaban J connectivity index is 1.69. The van der Waals surface area contributed by atoms with Crippen molar-refractivity contribution in [1.29, 1.82) is 0 Å². The molecule has 0 radical (unpaired) electrons. The van der Waals surface area contributed by atoms with Gasteiger partial charge in [-0.3, -0.25) is 4.79 Å². The lowest BCUT2D eigenvalue weighted by atomic mass is 9.82. The molecule has 1 aromatic heterocycles. The third-order valence-corrected chi connectivity index (χ3v) is 4.01. The van der Waals surface area contributed by atoms with E-state index in [4.69, 9.17) is 5.73 Å². The largest absolute Gasteiger partial charge is 0.324 e. The third kappa shape index (κ3) is 2.95. The number of rotatable bonds is 3. The van der Waals surface area contributed by atoms with Crippen molar-refractivity contribution >= 4 is 11.6 Å². The maximum atomic E-state index is 12.3. The van der Waals surface area contributed by atoms with Crippen LogP contribution in [0.5, 0.6) is 0 Å². The van der Waals surface area contributed by atoms with Gasteiger partial charge in [0, 0.05) is 5.69 Å². The predicted molar refractivity (Wildman–Crippen MR) is 80.0 cm³/mol. The molecule has 6 nitrogen and oxygen atoms in total. The Bertz CT molecular complexity index is 600. The molecule has 1 amide bonds. The van der Waals surface area contributed by atoms with E-state index in [0.29, 0.717) is 0 Å². The van der Waals surface area contributed by atoms with Crippen molar-refractivity contribution in [3.63, 3.8) is 0 Å². The van der Waals surface area contributed by atoms with Crippen molar-refractivity contribution in [2.45, 2.75) is 37.6 Å². The van der Waals surface area contributed by atoms with E-state index < -0.39 is 5.54 Å². The summed E-state index contributed by atoms with van der Waals surface area (Å²) in [6, 6.07) is 7.46. The molecular formula is C15H19N5O. The average molecular weight is 285 g/mol. The van der Waals surface area contributed by atoms with Gasteiger partial charge in [-0.25, -0.2) is 4.68 Å². The number of anilines is 1. The van der Waals surface area contributed by atoms with E-state index in [2.05, 4.69) is 15.6 Å². The van der Waals surface area contributed by atoms with E-state index in [1.807, 2.05) is 24.3 Å². The summed E-state index contributed by atoms with van der Waals surface area (Å²) in [6.45, 7) is 0. The van der Waals surface area contributed by atoms with Crippen LogP contribution in [0.15, 0.2) is 36.7 Å². The summed E-state index contributed by atoms with van der Waals surface area (Å²) in [5.41, 5.74) is 7.15. The van der Waals surface area contributed by atoms with Gasteiger partial charge in [0.25, 0.3) is 0 Å². The molecule has 1 saturated carbocycles. The lowest BCUT2D eigenvalue weighted by Gasteiger charge is -2.31. The Morgan fingerprint density at radius 3 is 2.52 bits per heavy atom. The quantitative estimate of drug-likeness (QED) is 0.901. The molecule has 0 atom stereocenters. The van der Waals surface area contributed by atoms with Crippen LogP contribution in [0.4, 0.5) is 5.69 Å². The smallest absolute Gasteiger partial charge is 0.244 e. The fourth-order valence-electron chi connectivity index (χ4n) is 2.71. The number of nitrogens with two attached hydrogens (primary N) is 1. The molecular weight excluding hydrogens is 266 g/mol. The Kier molecular flexibility index (Phi) is 3.70. The molecule has 1 heterocycles. The molecule has 1 fully saturated rings. The van der Waals surface area contributed by atoms with Crippen LogP contribution in [0, 0.1) is 0 Å². The minimum atomic E-state index is -0.719. The number of carbonyl (C=O) groups is 1. The zero-order valence-corrected chi connectivity index (χ0v) is 11.8. The minimum Gasteiger partial charge on any atom is -0.324 e. The molecule has 1 aliphatic rings. The average Bonchev–Trinajstić information content (AvgIpc) is 3.03. The summed E-state index contributed by atoms with van der Waals surface area (Å²) in [6.07, 6.45) is 8.12. The number of amides is 1. The van der Waals surface area contributed by atoms with E-state index >= 15 is 0 Å². The maximum Gasteiger partial charge on any atom is 0.244 e. The van der Waals surface area contributed by atoms with Crippen LogP contribution in [-0.4, -0.2) is 26.4 Å². The minimum absolute atomic E-state index is 0.0873. The second-order valence-corrected chi connectivity index (χ2v) is 5.57. The van der Waals surface area contributed by atoms with E-state index in [1.54, 1.807) is 17.1 Å². The van der Waals surface area contributed by atoms with Crippen molar-refractivity contribution in [3.8, 4) is 5.69 Å². The van der Waals surface area contributed by atoms with Crippen LogP contribution < -0.4 is 11.1 Å². The first kappa shape index (κ1) is 13.8. The Hall–Kier alpha value is -2.21. The molecule has 1 aliphatic carbocycles. The number of benzene rings is 1. The van der Waals surface area contributed by atoms with E-state index in [0.717, 1.165) is 37.1 Å². The normalized spacial score (nSPS) is 17.4. The number of hydrogen-bond acceptors (Lipinski definition) is 4. The van der Waals surface area contributed by atoms with Crippen LogP contribution >= 0.6 is 0 Å². The fraction of sp³-hybridized carbons (Fsp3) is 0.400. The highest BCUT2D eigenvalue weighted by Crippen LogP contribution is 2.27. The molecule has 1 aromatic carbocycles. The fourth-order valence-corrected chi connectivity index (χ4v) is 2.71. The van der Waals surface area contributed by atoms with E-state index in [9.17, 15) is 4.79 Å². The van der Waals surface area contributed by atoms with Gasteiger partial charge < -0.3 is 11.1 Å². The van der Waals surface area contributed by atoms with Crippen LogP contribution in [-0.2, 0) is 4.79 Å². The second-order valence-electron chi connectivity index (χ2n) is 5.57. The van der Waals surface area contributed by atoms with Gasteiger partial charge in [0.1, 0.15) is 0 Å². The van der Waals surface area contributed by atoms with Gasteiger partial charge in [-0.05, 0) is 37.1 Å². The molecule has 3 N–H and O–H groups in total. The third-order valence-electron chi connectivity index (χ3n) is 4.01. The molecule has 21 heavy (non-hydrogen) atoms. The Morgan fingerprint density at radius 1 is 1.19 bits per heavy atom. The number of carbonyl (C=O) groups excluding carboxylic acids is 1. The summed E-state index contributed by atoms with van der Waals surface area (Å²) in [5, 5.41) is 10.6. The number of nitrogens with zero attached hydrogens (tertiary/aromatic N) is 3. The zero-order chi connectivity index (χ0) is 14.7. The lowest BCUT2D eigenvalue weighted by Crippen LogP contribution is -2.52. The van der Waals surface area contributed by atoms with Gasteiger partial charge in [-0.2, -0.15) is 0 Å². The second kappa shape index (κ2) is 5.65. The molecule has 3 rings (SSSR count). The zero-order valence-electron chi connectivity index (χ0n) is 11.8. The van der Waals surface area contributed by atoms with Crippen molar-refractivity contribution in [3.05, 3.63) is 36.7 Å². The number of aromatic nitrogens is 3.